The molecular formula is C14H16FN3O. The highest BCUT2D eigenvalue weighted by Gasteiger charge is 2.06. The Balaban J connectivity index is 2.24. The van der Waals surface area contributed by atoms with Gasteiger partial charge in [0.2, 0.25) is 5.95 Å². The molecule has 100 valence electrons. The third-order valence-electron chi connectivity index (χ3n) is 2.91. The van der Waals surface area contributed by atoms with Gasteiger partial charge < -0.3 is 10.0 Å². The van der Waals surface area contributed by atoms with Crippen LogP contribution in [0, 0.1) is 12.7 Å². The van der Waals surface area contributed by atoms with E-state index >= 15 is 0 Å². The smallest absolute Gasteiger partial charge is 0.225 e. The lowest BCUT2D eigenvalue weighted by Gasteiger charge is -2.15. The van der Waals surface area contributed by atoms with Crippen LogP contribution < -0.4 is 4.90 Å². The number of hydrogen-bond donors (Lipinski definition) is 1. The second kappa shape index (κ2) is 5.75. The zero-order chi connectivity index (χ0) is 13.8. The van der Waals surface area contributed by atoms with Crippen molar-refractivity contribution in [3.05, 3.63) is 42.0 Å². The van der Waals surface area contributed by atoms with Gasteiger partial charge in [-0.1, -0.05) is 6.07 Å². The first-order valence-electron chi connectivity index (χ1n) is 6.02. The number of anilines is 1. The normalized spacial score (nSPS) is 10.5. The standard InChI is InChI=1S/C14H16FN3O/c1-10-7-11(3-4-13(10)15)12-8-16-14(17-9-12)18(2)5-6-19/h3-4,7-9,19H,5-6H2,1-2H3. The van der Waals surface area contributed by atoms with Crippen molar-refractivity contribution in [2.45, 2.75) is 6.92 Å². The Morgan fingerprint density at radius 3 is 2.47 bits per heavy atom. The van der Waals surface area contributed by atoms with E-state index in [1.807, 2.05) is 7.05 Å². The van der Waals surface area contributed by atoms with Crippen LogP contribution in [0.4, 0.5) is 10.3 Å². The van der Waals surface area contributed by atoms with E-state index in [1.54, 1.807) is 36.4 Å². The van der Waals surface area contributed by atoms with Gasteiger partial charge in [0.25, 0.3) is 0 Å². The van der Waals surface area contributed by atoms with Crippen LogP contribution in [0.5, 0.6) is 0 Å². The fraction of sp³-hybridized carbons (Fsp3) is 0.286. The lowest BCUT2D eigenvalue weighted by molar-refractivity contribution is 0.303. The highest BCUT2D eigenvalue weighted by molar-refractivity contribution is 5.62. The summed E-state index contributed by atoms with van der Waals surface area (Å²) in [6.07, 6.45) is 3.39. The molecule has 0 saturated heterocycles. The van der Waals surface area contributed by atoms with E-state index in [1.165, 1.54) is 6.07 Å². The number of benzene rings is 1. The fourth-order valence-corrected chi connectivity index (χ4v) is 1.74. The van der Waals surface area contributed by atoms with Crippen LogP contribution in [0.2, 0.25) is 0 Å². The summed E-state index contributed by atoms with van der Waals surface area (Å²) in [6.45, 7) is 2.26. The molecule has 0 aliphatic rings. The average Bonchev–Trinajstić information content (AvgIpc) is 2.42. The highest BCUT2D eigenvalue weighted by atomic mass is 19.1. The Hall–Kier alpha value is -2.01. The molecule has 1 aromatic heterocycles. The van der Waals surface area contributed by atoms with Crippen molar-refractivity contribution in [3.8, 4) is 11.1 Å². The Labute approximate surface area is 111 Å². The summed E-state index contributed by atoms with van der Waals surface area (Å²) in [7, 11) is 1.81. The molecule has 0 amide bonds. The van der Waals surface area contributed by atoms with Crippen molar-refractivity contribution < 1.29 is 9.50 Å². The van der Waals surface area contributed by atoms with Gasteiger partial charge in [-0.15, -0.1) is 0 Å². The Morgan fingerprint density at radius 1 is 1.21 bits per heavy atom. The van der Waals surface area contributed by atoms with Gasteiger partial charge in [0.05, 0.1) is 6.61 Å². The topological polar surface area (TPSA) is 49.2 Å². The molecule has 0 atom stereocenters. The van der Waals surface area contributed by atoms with Crippen molar-refractivity contribution >= 4 is 5.95 Å². The molecule has 0 fully saturated rings. The fourth-order valence-electron chi connectivity index (χ4n) is 1.74. The Morgan fingerprint density at radius 2 is 1.89 bits per heavy atom. The molecule has 4 nitrogen and oxygen atoms in total. The number of aliphatic hydroxyl groups excluding tert-OH is 1. The summed E-state index contributed by atoms with van der Waals surface area (Å²) >= 11 is 0. The van der Waals surface area contributed by atoms with E-state index in [-0.39, 0.29) is 12.4 Å². The number of nitrogens with zero attached hydrogens (tertiary/aromatic N) is 3. The van der Waals surface area contributed by atoms with Crippen molar-refractivity contribution in [1.82, 2.24) is 9.97 Å². The first-order chi connectivity index (χ1) is 9.11. The zero-order valence-electron chi connectivity index (χ0n) is 11.0. The maximum Gasteiger partial charge on any atom is 0.225 e. The zero-order valence-corrected chi connectivity index (χ0v) is 11.0. The quantitative estimate of drug-likeness (QED) is 0.914. The number of rotatable bonds is 4. The number of aryl methyl sites for hydroxylation is 1. The van der Waals surface area contributed by atoms with Crippen molar-refractivity contribution in [3.63, 3.8) is 0 Å². The second-order valence-electron chi connectivity index (χ2n) is 4.38. The second-order valence-corrected chi connectivity index (χ2v) is 4.38. The predicted molar refractivity (Wildman–Crippen MR) is 72.5 cm³/mol. The summed E-state index contributed by atoms with van der Waals surface area (Å²) in [5.74, 6) is 0.334. The lowest BCUT2D eigenvalue weighted by Crippen LogP contribution is -2.23. The largest absolute Gasteiger partial charge is 0.395 e. The van der Waals surface area contributed by atoms with Gasteiger partial charge >= 0.3 is 0 Å². The van der Waals surface area contributed by atoms with Gasteiger partial charge in [0.1, 0.15) is 5.82 Å². The summed E-state index contributed by atoms with van der Waals surface area (Å²) in [4.78, 5) is 10.2. The van der Waals surface area contributed by atoms with Crippen LogP contribution in [-0.4, -0.2) is 35.3 Å². The number of likely N-dealkylation sites (N-methyl/N-ethyl adjacent to an activating group) is 1. The van der Waals surface area contributed by atoms with E-state index in [9.17, 15) is 4.39 Å². The Bertz CT molecular complexity index is 557. The lowest BCUT2D eigenvalue weighted by atomic mass is 10.1. The summed E-state index contributed by atoms with van der Waals surface area (Å²) in [6, 6.07) is 4.92. The minimum atomic E-state index is -0.219. The third-order valence-corrected chi connectivity index (χ3v) is 2.91. The molecule has 0 bridgehead atoms. The van der Waals surface area contributed by atoms with Gasteiger partial charge in [-0.2, -0.15) is 0 Å². The molecule has 2 aromatic rings. The molecule has 0 spiro atoms. The van der Waals surface area contributed by atoms with Gasteiger partial charge in [-0.05, 0) is 30.2 Å². The molecule has 1 heterocycles. The maximum atomic E-state index is 13.2. The number of aliphatic hydroxyl groups is 1. The number of aromatic nitrogens is 2. The first-order valence-corrected chi connectivity index (χ1v) is 6.02. The molecule has 0 aliphatic carbocycles. The highest BCUT2D eigenvalue weighted by Crippen LogP contribution is 2.21. The summed E-state index contributed by atoms with van der Waals surface area (Å²) < 4.78 is 13.2. The molecule has 0 saturated carbocycles. The van der Waals surface area contributed by atoms with Crippen LogP contribution in [-0.2, 0) is 0 Å². The van der Waals surface area contributed by atoms with Crippen molar-refractivity contribution in [2.24, 2.45) is 0 Å². The molecule has 1 N–H and O–H groups in total. The van der Waals surface area contributed by atoms with E-state index in [4.69, 9.17) is 5.11 Å². The van der Waals surface area contributed by atoms with E-state index in [2.05, 4.69) is 9.97 Å². The summed E-state index contributed by atoms with van der Waals surface area (Å²) in [5, 5.41) is 8.85. The average molecular weight is 261 g/mol. The van der Waals surface area contributed by atoms with Crippen LogP contribution in [0.15, 0.2) is 30.6 Å². The van der Waals surface area contributed by atoms with E-state index in [0.717, 1.165) is 11.1 Å². The predicted octanol–water partition coefficient (Wildman–Crippen LogP) is 2.02. The van der Waals surface area contributed by atoms with Gasteiger partial charge in [-0.25, -0.2) is 14.4 Å². The Kier molecular flexibility index (Phi) is 4.06. The monoisotopic (exact) mass is 261 g/mol. The van der Waals surface area contributed by atoms with Crippen molar-refractivity contribution in [1.29, 1.82) is 0 Å². The molecule has 1 aromatic carbocycles. The van der Waals surface area contributed by atoms with Crippen LogP contribution >= 0.6 is 0 Å². The SMILES string of the molecule is Cc1cc(-c2cnc(N(C)CCO)nc2)ccc1F. The third kappa shape index (κ3) is 3.06. The minimum absolute atomic E-state index is 0.0543. The first kappa shape index (κ1) is 13.4. The maximum absolute atomic E-state index is 13.2. The molecule has 0 radical (unpaired) electrons. The van der Waals surface area contributed by atoms with Gasteiger partial charge in [0.15, 0.2) is 0 Å². The molecule has 0 aliphatic heterocycles. The van der Waals surface area contributed by atoms with Crippen LogP contribution in [0.1, 0.15) is 5.56 Å². The van der Waals surface area contributed by atoms with Crippen LogP contribution in [0.25, 0.3) is 11.1 Å². The minimum Gasteiger partial charge on any atom is -0.395 e. The molecule has 2 rings (SSSR count). The van der Waals surface area contributed by atoms with E-state index in [0.29, 0.717) is 18.1 Å². The molecule has 19 heavy (non-hydrogen) atoms. The molecular weight excluding hydrogens is 245 g/mol. The van der Waals surface area contributed by atoms with Gasteiger partial charge in [-0.3, -0.25) is 0 Å². The number of hydrogen-bond acceptors (Lipinski definition) is 4. The molecule has 5 heteroatoms. The van der Waals surface area contributed by atoms with Gasteiger partial charge in [0, 0.05) is 31.5 Å². The molecule has 0 unspecified atom stereocenters. The van der Waals surface area contributed by atoms with Crippen LogP contribution in [0.3, 0.4) is 0 Å². The van der Waals surface area contributed by atoms with E-state index < -0.39 is 0 Å². The van der Waals surface area contributed by atoms with Crippen molar-refractivity contribution in [2.75, 3.05) is 25.1 Å². The number of halogens is 1. The summed E-state index contributed by atoms with van der Waals surface area (Å²) in [5.41, 5.74) is 2.32.